The van der Waals surface area contributed by atoms with E-state index in [1.54, 1.807) is 43.3 Å². The molecule has 0 N–H and O–H groups in total. The number of fused-ring (bicyclic) bond motifs is 1. The number of rotatable bonds is 6. The molecule has 0 radical (unpaired) electrons. The molecule has 0 saturated carbocycles. The number of hydrogen-bond donors (Lipinski definition) is 0. The average molecular weight is 513 g/mol. The number of imide groups is 1. The average Bonchev–Trinajstić information content (AvgIpc) is 3.38. The van der Waals surface area contributed by atoms with Crippen molar-refractivity contribution in [2.75, 3.05) is 6.79 Å². The maximum Gasteiger partial charge on any atom is 0.271 e. The van der Waals surface area contributed by atoms with Gasteiger partial charge in [0.05, 0.1) is 6.54 Å². The Kier molecular flexibility index (Phi) is 6.67. The summed E-state index contributed by atoms with van der Waals surface area (Å²) < 4.78 is 16.6. The van der Waals surface area contributed by atoms with Gasteiger partial charge in [0.1, 0.15) is 24.0 Å². The summed E-state index contributed by atoms with van der Waals surface area (Å²) in [4.78, 5) is 27.5. The van der Waals surface area contributed by atoms with Crippen LogP contribution < -0.4 is 14.2 Å². The maximum absolute atomic E-state index is 13.4. The lowest BCUT2D eigenvalue weighted by molar-refractivity contribution is -0.141. The number of hydrogen-bond acceptors (Lipinski definition) is 6. The van der Waals surface area contributed by atoms with Gasteiger partial charge in [0.2, 0.25) is 6.79 Å². The minimum atomic E-state index is -0.620. The molecular formula is C29H21ClN2O5. The van der Waals surface area contributed by atoms with Crippen molar-refractivity contribution in [2.24, 2.45) is 0 Å². The third-order valence-corrected chi connectivity index (χ3v) is 6.36. The second-order valence-corrected chi connectivity index (χ2v) is 8.97. The summed E-state index contributed by atoms with van der Waals surface area (Å²) >= 11 is 5.92. The van der Waals surface area contributed by atoms with E-state index in [9.17, 15) is 14.9 Å². The molecule has 3 aromatic rings. The molecule has 0 aromatic heterocycles. The molecule has 8 heteroatoms. The Balaban J connectivity index is 1.36. The van der Waals surface area contributed by atoms with Gasteiger partial charge in [-0.2, -0.15) is 5.26 Å². The lowest BCUT2D eigenvalue weighted by Gasteiger charge is -2.27. The van der Waals surface area contributed by atoms with Crippen LogP contribution in [-0.4, -0.2) is 23.5 Å². The third kappa shape index (κ3) is 5.06. The van der Waals surface area contributed by atoms with Crippen LogP contribution in [0.1, 0.15) is 23.6 Å². The predicted octanol–water partition coefficient (Wildman–Crippen LogP) is 5.44. The van der Waals surface area contributed by atoms with E-state index in [0.29, 0.717) is 40.0 Å². The van der Waals surface area contributed by atoms with Crippen molar-refractivity contribution < 1.29 is 23.8 Å². The number of carbonyl (C=O) groups excluding carboxylic acids is 2. The molecule has 0 saturated heterocycles. The van der Waals surface area contributed by atoms with Crippen LogP contribution in [0.5, 0.6) is 17.2 Å². The van der Waals surface area contributed by atoms with E-state index in [4.69, 9.17) is 25.8 Å². The second kappa shape index (κ2) is 10.2. The highest BCUT2D eigenvalue weighted by Gasteiger charge is 2.35. The number of benzene rings is 3. The first-order valence-electron chi connectivity index (χ1n) is 11.5. The molecular weight excluding hydrogens is 492 g/mol. The van der Waals surface area contributed by atoms with E-state index >= 15 is 0 Å². The number of halogens is 1. The molecule has 5 rings (SSSR count). The molecule has 3 aromatic carbocycles. The predicted molar refractivity (Wildman–Crippen MR) is 137 cm³/mol. The van der Waals surface area contributed by atoms with Crippen LogP contribution in [0.4, 0.5) is 0 Å². The Morgan fingerprint density at radius 2 is 1.68 bits per heavy atom. The third-order valence-electron chi connectivity index (χ3n) is 6.11. The minimum Gasteiger partial charge on any atom is -0.489 e. The molecule has 0 atom stereocenters. The maximum atomic E-state index is 13.4. The van der Waals surface area contributed by atoms with Crippen molar-refractivity contribution in [1.82, 2.24) is 4.90 Å². The fraction of sp³-hybridized carbons (Fsp3) is 0.138. The number of ether oxygens (including phenoxy) is 3. The van der Waals surface area contributed by atoms with Crippen LogP contribution in [0.25, 0.3) is 6.08 Å². The number of nitrogens with zero attached hydrogens (tertiary/aromatic N) is 2. The topological polar surface area (TPSA) is 88.9 Å². The van der Waals surface area contributed by atoms with Gasteiger partial charge in [0, 0.05) is 10.6 Å². The molecule has 2 amide bonds. The van der Waals surface area contributed by atoms with Gasteiger partial charge in [-0.25, -0.2) is 0 Å². The summed E-state index contributed by atoms with van der Waals surface area (Å²) in [6, 6.07) is 21.8. The summed E-state index contributed by atoms with van der Waals surface area (Å²) in [5, 5.41) is 10.3. The Morgan fingerprint density at radius 3 is 2.41 bits per heavy atom. The van der Waals surface area contributed by atoms with E-state index in [0.717, 1.165) is 16.0 Å². The SMILES string of the molecule is CC1=C(C#N)C(=O)N(Cc2ccc3c(c2)OCO3)C(=O)/C1=C/c1ccc(OCc2ccc(Cl)cc2)cc1. The Bertz CT molecular complexity index is 1480. The van der Waals surface area contributed by atoms with Crippen molar-refractivity contribution >= 4 is 29.5 Å². The van der Waals surface area contributed by atoms with Gasteiger partial charge < -0.3 is 14.2 Å². The van der Waals surface area contributed by atoms with Gasteiger partial charge in [0.25, 0.3) is 11.8 Å². The van der Waals surface area contributed by atoms with Crippen molar-refractivity contribution in [3.8, 4) is 23.3 Å². The van der Waals surface area contributed by atoms with Crippen LogP contribution >= 0.6 is 11.6 Å². The van der Waals surface area contributed by atoms with E-state index in [-0.39, 0.29) is 24.5 Å². The standard InChI is InChI=1S/C29H21ClN2O5/c1-18-24(12-19-4-9-23(10-5-19)35-16-20-2-7-22(30)8-3-20)28(33)32(29(34)25(18)14-31)15-21-6-11-26-27(13-21)37-17-36-26/h2-13H,15-17H2,1H3/b24-12+. The molecule has 7 nitrogen and oxygen atoms in total. The first-order valence-corrected chi connectivity index (χ1v) is 11.9. The lowest BCUT2D eigenvalue weighted by Crippen LogP contribution is -2.42. The van der Waals surface area contributed by atoms with Gasteiger partial charge in [-0.1, -0.05) is 41.9 Å². The fourth-order valence-electron chi connectivity index (χ4n) is 4.07. The fourth-order valence-corrected chi connectivity index (χ4v) is 4.20. The van der Waals surface area contributed by atoms with Crippen LogP contribution in [0.2, 0.25) is 5.02 Å². The van der Waals surface area contributed by atoms with Crippen LogP contribution in [0.15, 0.2) is 83.4 Å². The molecule has 0 fully saturated rings. The van der Waals surface area contributed by atoms with E-state index in [1.165, 1.54) is 0 Å². The molecule has 0 bridgehead atoms. The summed E-state index contributed by atoms with van der Waals surface area (Å²) in [5.74, 6) is 0.732. The molecule has 2 aliphatic heterocycles. The molecule has 2 heterocycles. The van der Waals surface area contributed by atoms with E-state index in [1.807, 2.05) is 42.5 Å². The molecule has 37 heavy (non-hydrogen) atoms. The zero-order chi connectivity index (χ0) is 25.9. The Hall–Kier alpha value is -4.54. The Morgan fingerprint density at radius 1 is 0.973 bits per heavy atom. The summed E-state index contributed by atoms with van der Waals surface area (Å²) in [6.07, 6.45) is 1.68. The van der Waals surface area contributed by atoms with Gasteiger partial charge in [-0.15, -0.1) is 0 Å². The van der Waals surface area contributed by atoms with Crippen molar-refractivity contribution in [3.05, 3.63) is 105 Å². The molecule has 184 valence electrons. The smallest absolute Gasteiger partial charge is 0.271 e. The first kappa shape index (κ1) is 24.2. The normalized spacial score (nSPS) is 15.8. The van der Waals surface area contributed by atoms with Crippen molar-refractivity contribution in [2.45, 2.75) is 20.1 Å². The summed E-state index contributed by atoms with van der Waals surface area (Å²) in [6.45, 7) is 2.13. The number of carbonyl (C=O) groups is 2. The summed E-state index contributed by atoms with van der Waals surface area (Å²) in [7, 11) is 0. The van der Waals surface area contributed by atoms with Crippen molar-refractivity contribution in [1.29, 1.82) is 5.26 Å². The molecule has 0 unspecified atom stereocenters. The van der Waals surface area contributed by atoms with E-state index in [2.05, 4.69) is 0 Å². The van der Waals surface area contributed by atoms with Gasteiger partial charge in [0.15, 0.2) is 11.5 Å². The Labute approximate surface area is 218 Å². The van der Waals surface area contributed by atoms with Gasteiger partial charge in [-0.05, 0) is 71.7 Å². The largest absolute Gasteiger partial charge is 0.489 e. The van der Waals surface area contributed by atoms with E-state index < -0.39 is 11.8 Å². The van der Waals surface area contributed by atoms with Crippen LogP contribution in [-0.2, 0) is 22.7 Å². The van der Waals surface area contributed by atoms with Crippen LogP contribution in [0.3, 0.4) is 0 Å². The molecule has 0 aliphatic carbocycles. The zero-order valence-corrected chi connectivity index (χ0v) is 20.6. The highest BCUT2D eigenvalue weighted by molar-refractivity contribution is 6.30. The number of amides is 2. The molecule has 0 spiro atoms. The lowest BCUT2D eigenvalue weighted by atomic mass is 9.93. The highest BCUT2D eigenvalue weighted by atomic mass is 35.5. The second-order valence-electron chi connectivity index (χ2n) is 8.54. The van der Waals surface area contributed by atoms with Crippen LogP contribution in [0, 0.1) is 11.3 Å². The number of nitriles is 1. The van der Waals surface area contributed by atoms with Gasteiger partial charge >= 0.3 is 0 Å². The van der Waals surface area contributed by atoms with Gasteiger partial charge in [-0.3, -0.25) is 14.5 Å². The summed E-state index contributed by atoms with van der Waals surface area (Å²) in [5.41, 5.74) is 2.98. The minimum absolute atomic E-state index is 0.00157. The van der Waals surface area contributed by atoms with Crippen molar-refractivity contribution in [3.63, 3.8) is 0 Å². The quantitative estimate of drug-likeness (QED) is 0.323. The highest BCUT2D eigenvalue weighted by Crippen LogP contribution is 2.34. The monoisotopic (exact) mass is 512 g/mol. The zero-order valence-electron chi connectivity index (χ0n) is 19.9. The first-order chi connectivity index (χ1) is 17.9. The molecule has 2 aliphatic rings.